The molecule has 0 bridgehead atoms. The minimum absolute atomic E-state index is 0.702. The Bertz CT molecular complexity index is 294. The molecule has 1 aromatic rings. The maximum absolute atomic E-state index is 5.87. The van der Waals surface area contributed by atoms with Gasteiger partial charge in [-0.2, -0.15) is 0 Å². The zero-order chi connectivity index (χ0) is 9.97. The number of benzene rings is 1. The minimum Gasteiger partial charge on any atom is -0.316 e. The zero-order valence-electron chi connectivity index (χ0n) is 8.46. The molecule has 1 saturated heterocycles. The van der Waals surface area contributed by atoms with E-state index in [4.69, 9.17) is 11.6 Å². The Morgan fingerprint density at radius 2 is 2.00 bits per heavy atom. The number of rotatable bonds is 1. The van der Waals surface area contributed by atoms with Gasteiger partial charge < -0.3 is 5.32 Å². The van der Waals surface area contributed by atoms with Crippen molar-refractivity contribution in [3.05, 3.63) is 34.9 Å². The highest BCUT2D eigenvalue weighted by atomic mass is 35.5. The first-order valence-electron chi connectivity index (χ1n) is 5.23. The Hall–Kier alpha value is -0.530. The zero-order valence-corrected chi connectivity index (χ0v) is 9.22. The summed E-state index contributed by atoms with van der Waals surface area (Å²) in [7, 11) is 0. The fraction of sp³-hybridized carbons (Fsp3) is 0.500. The molecule has 0 spiro atoms. The van der Waals surface area contributed by atoms with E-state index >= 15 is 0 Å². The predicted molar refractivity (Wildman–Crippen MR) is 60.8 cm³/mol. The van der Waals surface area contributed by atoms with Crippen LogP contribution in [0, 0.1) is 5.92 Å². The van der Waals surface area contributed by atoms with Crippen LogP contribution in [0.4, 0.5) is 0 Å². The largest absolute Gasteiger partial charge is 0.316 e. The highest BCUT2D eigenvalue weighted by Gasteiger charge is 2.22. The maximum atomic E-state index is 5.87. The fourth-order valence-corrected chi connectivity index (χ4v) is 2.35. The van der Waals surface area contributed by atoms with Crippen LogP contribution < -0.4 is 5.32 Å². The van der Waals surface area contributed by atoms with E-state index in [9.17, 15) is 0 Å². The van der Waals surface area contributed by atoms with E-state index in [1.165, 1.54) is 12.0 Å². The van der Waals surface area contributed by atoms with E-state index in [1.807, 2.05) is 12.1 Å². The highest BCUT2D eigenvalue weighted by Crippen LogP contribution is 2.30. The van der Waals surface area contributed by atoms with Gasteiger partial charge in [-0.1, -0.05) is 30.7 Å². The molecule has 1 aromatic carbocycles. The lowest BCUT2D eigenvalue weighted by molar-refractivity contribution is 0.349. The summed E-state index contributed by atoms with van der Waals surface area (Å²) in [6.45, 7) is 4.58. The van der Waals surface area contributed by atoms with Crippen LogP contribution in [0.5, 0.6) is 0 Å². The van der Waals surface area contributed by atoms with Gasteiger partial charge in [-0.05, 0) is 49.0 Å². The van der Waals surface area contributed by atoms with Crippen molar-refractivity contribution in [1.82, 2.24) is 5.32 Å². The third-order valence-corrected chi connectivity index (χ3v) is 3.34. The van der Waals surface area contributed by atoms with Crippen LogP contribution in [0.25, 0.3) is 0 Å². The summed E-state index contributed by atoms with van der Waals surface area (Å²) in [5.41, 5.74) is 1.43. The lowest BCUT2D eigenvalue weighted by Gasteiger charge is -2.29. The average molecular weight is 210 g/mol. The van der Waals surface area contributed by atoms with E-state index in [0.717, 1.165) is 24.0 Å². The monoisotopic (exact) mass is 209 g/mol. The Morgan fingerprint density at radius 3 is 2.64 bits per heavy atom. The molecule has 0 aromatic heterocycles. The van der Waals surface area contributed by atoms with Gasteiger partial charge in [0.05, 0.1) is 0 Å². The normalized spacial score (nSPS) is 27.6. The van der Waals surface area contributed by atoms with Crippen LogP contribution in [-0.2, 0) is 0 Å². The summed E-state index contributed by atoms with van der Waals surface area (Å²) in [6, 6.07) is 8.31. The standard InChI is InChI=1S/C12H16ClN/c1-9-8-14-7-6-12(9)10-2-4-11(13)5-3-10/h2-5,9,12,14H,6-8H2,1H3. The number of piperidine rings is 1. The SMILES string of the molecule is CC1CNCCC1c1ccc(Cl)cc1. The van der Waals surface area contributed by atoms with Crippen LogP contribution >= 0.6 is 11.6 Å². The molecule has 1 aliphatic rings. The Morgan fingerprint density at radius 1 is 1.29 bits per heavy atom. The molecule has 0 saturated carbocycles. The van der Waals surface area contributed by atoms with Gasteiger partial charge in [0.2, 0.25) is 0 Å². The second-order valence-electron chi connectivity index (χ2n) is 4.13. The van der Waals surface area contributed by atoms with Crippen LogP contribution in [-0.4, -0.2) is 13.1 Å². The van der Waals surface area contributed by atoms with Gasteiger partial charge in [-0.3, -0.25) is 0 Å². The van der Waals surface area contributed by atoms with Crippen molar-refractivity contribution >= 4 is 11.6 Å². The highest BCUT2D eigenvalue weighted by molar-refractivity contribution is 6.30. The van der Waals surface area contributed by atoms with Crippen molar-refractivity contribution in [2.45, 2.75) is 19.3 Å². The molecule has 0 amide bonds. The molecule has 1 nitrogen and oxygen atoms in total. The van der Waals surface area contributed by atoms with Crippen LogP contribution in [0.3, 0.4) is 0 Å². The molecule has 2 atom stereocenters. The molecule has 1 heterocycles. The Labute approximate surface area is 90.5 Å². The quantitative estimate of drug-likeness (QED) is 0.750. The van der Waals surface area contributed by atoms with Crippen molar-refractivity contribution in [2.75, 3.05) is 13.1 Å². The van der Waals surface area contributed by atoms with Gasteiger partial charge in [0.1, 0.15) is 0 Å². The van der Waals surface area contributed by atoms with E-state index in [2.05, 4.69) is 24.4 Å². The summed E-state index contributed by atoms with van der Waals surface area (Å²) in [4.78, 5) is 0. The molecule has 2 unspecified atom stereocenters. The predicted octanol–water partition coefficient (Wildman–Crippen LogP) is 3.05. The maximum Gasteiger partial charge on any atom is 0.0406 e. The minimum atomic E-state index is 0.702. The fourth-order valence-electron chi connectivity index (χ4n) is 2.22. The molecule has 2 heteroatoms. The van der Waals surface area contributed by atoms with Crippen LogP contribution in [0.15, 0.2) is 24.3 Å². The number of halogens is 1. The molecule has 2 rings (SSSR count). The van der Waals surface area contributed by atoms with Gasteiger partial charge in [-0.25, -0.2) is 0 Å². The molecule has 1 aliphatic heterocycles. The second kappa shape index (κ2) is 4.33. The molecular weight excluding hydrogens is 194 g/mol. The smallest absolute Gasteiger partial charge is 0.0406 e. The summed E-state index contributed by atoms with van der Waals surface area (Å²) in [6.07, 6.45) is 1.24. The average Bonchev–Trinajstić information content (AvgIpc) is 2.20. The summed E-state index contributed by atoms with van der Waals surface area (Å²) < 4.78 is 0. The first-order valence-corrected chi connectivity index (χ1v) is 5.61. The van der Waals surface area contributed by atoms with E-state index in [1.54, 1.807) is 0 Å². The topological polar surface area (TPSA) is 12.0 Å². The third-order valence-electron chi connectivity index (χ3n) is 3.08. The molecule has 14 heavy (non-hydrogen) atoms. The van der Waals surface area contributed by atoms with Crippen molar-refractivity contribution in [1.29, 1.82) is 0 Å². The van der Waals surface area contributed by atoms with Gasteiger partial charge in [0, 0.05) is 5.02 Å². The van der Waals surface area contributed by atoms with Crippen molar-refractivity contribution in [3.63, 3.8) is 0 Å². The second-order valence-corrected chi connectivity index (χ2v) is 4.56. The number of hydrogen-bond acceptors (Lipinski definition) is 1. The Kier molecular flexibility index (Phi) is 3.09. The summed E-state index contributed by atoms with van der Waals surface area (Å²) in [5.74, 6) is 1.43. The number of nitrogens with one attached hydrogen (secondary N) is 1. The van der Waals surface area contributed by atoms with E-state index < -0.39 is 0 Å². The Balaban J connectivity index is 2.16. The third kappa shape index (κ3) is 2.10. The van der Waals surface area contributed by atoms with Crippen molar-refractivity contribution in [2.24, 2.45) is 5.92 Å². The summed E-state index contributed by atoms with van der Waals surface area (Å²) in [5, 5.41) is 4.25. The van der Waals surface area contributed by atoms with E-state index in [0.29, 0.717) is 5.92 Å². The van der Waals surface area contributed by atoms with E-state index in [-0.39, 0.29) is 0 Å². The van der Waals surface area contributed by atoms with Crippen LogP contribution in [0.1, 0.15) is 24.8 Å². The lowest BCUT2D eigenvalue weighted by Crippen LogP contribution is -2.33. The molecule has 0 radical (unpaired) electrons. The summed E-state index contributed by atoms with van der Waals surface area (Å²) >= 11 is 5.87. The molecular formula is C12H16ClN. The molecule has 0 aliphatic carbocycles. The number of hydrogen-bond donors (Lipinski definition) is 1. The molecule has 76 valence electrons. The first kappa shape index (κ1) is 10.0. The van der Waals surface area contributed by atoms with Gasteiger partial charge in [0.25, 0.3) is 0 Å². The van der Waals surface area contributed by atoms with Gasteiger partial charge in [0.15, 0.2) is 0 Å². The van der Waals surface area contributed by atoms with Crippen LogP contribution in [0.2, 0.25) is 5.02 Å². The molecule has 1 N–H and O–H groups in total. The van der Waals surface area contributed by atoms with Crippen molar-refractivity contribution in [3.8, 4) is 0 Å². The van der Waals surface area contributed by atoms with Crippen molar-refractivity contribution < 1.29 is 0 Å². The molecule has 1 fully saturated rings. The van der Waals surface area contributed by atoms with Gasteiger partial charge >= 0.3 is 0 Å². The first-order chi connectivity index (χ1) is 6.77. The van der Waals surface area contributed by atoms with Gasteiger partial charge in [-0.15, -0.1) is 0 Å². The lowest BCUT2D eigenvalue weighted by atomic mass is 9.82.